The molecule has 1 fully saturated rings. The van der Waals surface area contributed by atoms with Crippen molar-refractivity contribution in [1.82, 2.24) is 14.8 Å². The maximum atomic E-state index is 12.0. The number of carbonyl (C=O) groups is 1. The van der Waals surface area contributed by atoms with E-state index in [0.29, 0.717) is 5.82 Å². The Kier molecular flexibility index (Phi) is 5.82. The lowest BCUT2D eigenvalue weighted by Gasteiger charge is -2.30. The lowest BCUT2D eigenvalue weighted by molar-refractivity contribution is 0.100. The zero-order valence-corrected chi connectivity index (χ0v) is 17.0. The zero-order chi connectivity index (χ0) is 21.8. The van der Waals surface area contributed by atoms with Crippen LogP contribution >= 0.6 is 0 Å². The highest BCUT2D eigenvalue weighted by atomic mass is 16.1. The first-order chi connectivity index (χ1) is 15.0. The third-order valence-electron chi connectivity index (χ3n) is 5.45. The summed E-state index contributed by atoms with van der Waals surface area (Å²) in [5, 5.41) is 20.2. The van der Waals surface area contributed by atoms with Gasteiger partial charge in [0, 0.05) is 30.2 Å². The lowest BCUT2D eigenvalue weighted by atomic mass is 9.91. The Morgan fingerprint density at radius 2 is 1.97 bits per heavy atom. The van der Waals surface area contributed by atoms with Crippen molar-refractivity contribution in [3.05, 3.63) is 59.9 Å². The van der Waals surface area contributed by atoms with Gasteiger partial charge < -0.3 is 22.1 Å². The Hall–Kier alpha value is -3.90. The fourth-order valence-corrected chi connectivity index (χ4v) is 3.76. The third-order valence-corrected chi connectivity index (χ3v) is 5.45. The van der Waals surface area contributed by atoms with Crippen LogP contribution in [0.5, 0.6) is 0 Å². The molecule has 1 saturated carbocycles. The molecule has 3 aromatic rings. The molecule has 6 N–H and O–H groups in total. The standard InChI is InChI=1S/C22H24N8O/c23-13-14-12-17(20(25)31)22(29-21(14)28-19-5-2-1-4-18(19)24)27-15-6-8-16(9-7-15)30-11-3-10-26-30/h3,6-12,18-19H,1-2,4-5,24H2,(H2,25,31)(H2,27,28,29)/t18-,19?/m0/s1. The Labute approximate surface area is 180 Å². The van der Waals surface area contributed by atoms with Gasteiger partial charge >= 0.3 is 0 Å². The Morgan fingerprint density at radius 1 is 1.19 bits per heavy atom. The predicted octanol–water partition coefficient (Wildman–Crippen LogP) is 2.66. The van der Waals surface area contributed by atoms with Crippen molar-refractivity contribution in [2.24, 2.45) is 11.5 Å². The van der Waals surface area contributed by atoms with Crippen LogP contribution in [0.4, 0.5) is 17.3 Å². The van der Waals surface area contributed by atoms with Gasteiger partial charge in [0.1, 0.15) is 17.7 Å². The first-order valence-corrected chi connectivity index (χ1v) is 10.2. The van der Waals surface area contributed by atoms with Crippen molar-refractivity contribution in [3.8, 4) is 11.8 Å². The summed E-state index contributed by atoms with van der Waals surface area (Å²) in [6.07, 6.45) is 7.55. The van der Waals surface area contributed by atoms with E-state index < -0.39 is 5.91 Å². The molecule has 1 unspecified atom stereocenters. The number of rotatable bonds is 6. The van der Waals surface area contributed by atoms with Crippen LogP contribution in [0.1, 0.15) is 41.6 Å². The molecule has 1 aromatic carbocycles. The minimum absolute atomic E-state index is 0.0100. The highest BCUT2D eigenvalue weighted by Crippen LogP contribution is 2.27. The predicted molar refractivity (Wildman–Crippen MR) is 118 cm³/mol. The molecular formula is C22H24N8O. The molecule has 1 aliphatic carbocycles. The van der Waals surface area contributed by atoms with E-state index in [1.165, 1.54) is 6.07 Å². The molecule has 2 atom stereocenters. The van der Waals surface area contributed by atoms with Crippen LogP contribution in [0, 0.1) is 11.3 Å². The summed E-state index contributed by atoms with van der Waals surface area (Å²) in [4.78, 5) is 16.6. The molecule has 0 radical (unpaired) electrons. The minimum atomic E-state index is -0.666. The van der Waals surface area contributed by atoms with Gasteiger partial charge in [-0.1, -0.05) is 12.8 Å². The van der Waals surface area contributed by atoms with Crippen LogP contribution in [0.25, 0.3) is 5.69 Å². The highest BCUT2D eigenvalue weighted by Gasteiger charge is 2.24. The summed E-state index contributed by atoms with van der Waals surface area (Å²) in [7, 11) is 0. The number of nitriles is 1. The summed E-state index contributed by atoms with van der Waals surface area (Å²) < 4.78 is 1.74. The number of benzene rings is 1. The van der Waals surface area contributed by atoms with Crippen LogP contribution in [-0.4, -0.2) is 32.8 Å². The molecule has 2 heterocycles. The molecule has 0 aliphatic heterocycles. The largest absolute Gasteiger partial charge is 0.365 e. The van der Waals surface area contributed by atoms with Crippen molar-refractivity contribution in [2.75, 3.05) is 10.6 Å². The van der Waals surface area contributed by atoms with E-state index in [4.69, 9.17) is 11.5 Å². The van der Waals surface area contributed by atoms with Crippen LogP contribution in [0.15, 0.2) is 48.8 Å². The Bertz CT molecular complexity index is 1100. The molecule has 9 nitrogen and oxygen atoms in total. The van der Waals surface area contributed by atoms with Crippen molar-refractivity contribution >= 4 is 23.2 Å². The summed E-state index contributed by atoms with van der Waals surface area (Å²) in [6, 6.07) is 12.9. The average molecular weight is 416 g/mol. The van der Waals surface area contributed by atoms with Gasteiger partial charge in [0.25, 0.3) is 5.91 Å². The number of primary amides is 1. The van der Waals surface area contributed by atoms with E-state index in [-0.39, 0.29) is 29.0 Å². The molecule has 9 heteroatoms. The molecule has 0 saturated heterocycles. The second-order valence-electron chi connectivity index (χ2n) is 7.58. The summed E-state index contributed by atoms with van der Waals surface area (Å²) in [6.45, 7) is 0. The highest BCUT2D eigenvalue weighted by molar-refractivity contribution is 5.99. The number of amides is 1. The molecule has 0 bridgehead atoms. The van der Waals surface area contributed by atoms with E-state index in [1.54, 1.807) is 10.9 Å². The van der Waals surface area contributed by atoms with E-state index in [0.717, 1.165) is 37.1 Å². The quantitative estimate of drug-likeness (QED) is 0.483. The summed E-state index contributed by atoms with van der Waals surface area (Å²) in [5.41, 5.74) is 13.8. The van der Waals surface area contributed by atoms with Gasteiger partial charge in [-0.05, 0) is 49.2 Å². The first-order valence-electron chi connectivity index (χ1n) is 10.2. The van der Waals surface area contributed by atoms with Crippen LogP contribution in [-0.2, 0) is 0 Å². The van der Waals surface area contributed by atoms with Crippen LogP contribution in [0.2, 0.25) is 0 Å². The second-order valence-corrected chi connectivity index (χ2v) is 7.58. The fraction of sp³-hybridized carbons (Fsp3) is 0.273. The number of carbonyl (C=O) groups excluding carboxylic acids is 1. The van der Waals surface area contributed by atoms with Crippen LogP contribution in [0.3, 0.4) is 0 Å². The third kappa shape index (κ3) is 4.49. The summed E-state index contributed by atoms with van der Waals surface area (Å²) in [5.74, 6) is 0.0105. The second kappa shape index (κ2) is 8.85. The fourth-order valence-electron chi connectivity index (χ4n) is 3.76. The molecular weight excluding hydrogens is 392 g/mol. The Balaban J connectivity index is 1.63. The number of anilines is 3. The number of hydrogen-bond donors (Lipinski definition) is 4. The molecule has 31 heavy (non-hydrogen) atoms. The topological polar surface area (TPSA) is 148 Å². The number of hydrogen-bond acceptors (Lipinski definition) is 7. The van der Waals surface area contributed by atoms with Gasteiger partial charge in [0.2, 0.25) is 0 Å². The van der Waals surface area contributed by atoms with Gasteiger partial charge in [0.15, 0.2) is 0 Å². The molecule has 158 valence electrons. The van der Waals surface area contributed by atoms with Gasteiger partial charge in [0.05, 0.1) is 16.8 Å². The minimum Gasteiger partial charge on any atom is -0.365 e. The van der Waals surface area contributed by atoms with Crippen molar-refractivity contribution in [3.63, 3.8) is 0 Å². The molecule has 0 spiro atoms. The average Bonchev–Trinajstić information content (AvgIpc) is 3.31. The van der Waals surface area contributed by atoms with E-state index >= 15 is 0 Å². The van der Waals surface area contributed by atoms with E-state index in [1.807, 2.05) is 36.5 Å². The van der Waals surface area contributed by atoms with Gasteiger partial charge in [-0.3, -0.25) is 4.79 Å². The molecule has 1 amide bonds. The number of nitrogens with zero attached hydrogens (tertiary/aromatic N) is 4. The maximum Gasteiger partial charge on any atom is 0.252 e. The molecule has 1 aliphatic rings. The number of nitrogens with two attached hydrogens (primary N) is 2. The number of aromatic nitrogens is 3. The van der Waals surface area contributed by atoms with Crippen LogP contribution < -0.4 is 22.1 Å². The van der Waals surface area contributed by atoms with Gasteiger partial charge in [-0.2, -0.15) is 10.4 Å². The normalized spacial score (nSPS) is 18.2. The zero-order valence-electron chi connectivity index (χ0n) is 17.0. The SMILES string of the molecule is N#Cc1cc(C(N)=O)c(Nc2ccc(-n3cccn3)cc2)nc1NC1CCCC[C@@H]1N. The number of pyridine rings is 1. The van der Waals surface area contributed by atoms with Gasteiger partial charge in [-0.15, -0.1) is 0 Å². The van der Waals surface area contributed by atoms with Crippen molar-refractivity contribution in [1.29, 1.82) is 5.26 Å². The van der Waals surface area contributed by atoms with E-state index in [9.17, 15) is 10.1 Å². The first kappa shape index (κ1) is 20.4. The van der Waals surface area contributed by atoms with Crippen molar-refractivity contribution < 1.29 is 4.79 Å². The maximum absolute atomic E-state index is 12.0. The monoisotopic (exact) mass is 416 g/mol. The lowest BCUT2D eigenvalue weighted by Crippen LogP contribution is -2.43. The van der Waals surface area contributed by atoms with Crippen molar-refractivity contribution in [2.45, 2.75) is 37.8 Å². The smallest absolute Gasteiger partial charge is 0.252 e. The Morgan fingerprint density at radius 3 is 2.61 bits per heavy atom. The number of nitrogens with one attached hydrogen (secondary N) is 2. The van der Waals surface area contributed by atoms with E-state index in [2.05, 4.69) is 26.8 Å². The molecule has 2 aromatic heterocycles. The van der Waals surface area contributed by atoms with Gasteiger partial charge in [-0.25, -0.2) is 9.67 Å². The molecule has 4 rings (SSSR count). The summed E-state index contributed by atoms with van der Waals surface area (Å²) >= 11 is 0.